The van der Waals surface area contributed by atoms with E-state index in [9.17, 15) is 13.6 Å². The van der Waals surface area contributed by atoms with Gasteiger partial charge in [0, 0.05) is 5.39 Å². The minimum absolute atomic E-state index is 0.191. The fourth-order valence-electron chi connectivity index (χ4n) is 2.32. The van der Waals surface area contributed by atoms with Crippen molar-refractivity contribution >= 4 is 23.1 Å². The third-order valence-corrected chi connectivity index (χ3v) is 3.42. The molecule has 0 fully saturated rings. The van der Waals surface area contributed by atoms with E-state index in [1.807, 2.05) is 0 Å². The standard InChI is InChI=1S/C18H14F2N2O2/c1-2-24-18(23)17-10-13-9-15(20)7-8-16(13)22(17)21-11-12-3-5-14(19)6-4-12/h3-11H,2H2,1H3. The molecule has 24 heavy (non-hydrogen) atoms. The van der Waals surface area contributed by atoms with Crippen LogP contribution in [0.3, 0.4) is 0 Å². The first-order valence-corrected chi connectivity index (χ1v) is 7.36. The zero-order valence-electron chi connectivity index (χ0n) is 12.9. The molecule has 0 atom stereocenters. The molecule has 1 heterocycles. The quantitative estimate of drug-likeness (QED) is 0.537. The van der Waals surface area contributed by atoms with Crippen LogP contribution in [0, 0.1) is 11.6 Å². The number of esters is 1. The maximum atomic E-state index is 13.4. The Morgan fingerprint density at radius 1 is 1.12 bits per heavy atom. The highest BCUT2D eigenvalue weighted by atomic mass is 19.1. The Hall–Kier alpha value is -3.02. The number of nitrogens with zero attached hydrogens (tertiary/aromatic N) is 2. The van der Waals surface area contributed by atoms with Crippen molar-refractivity contribution in [3.8, 4) is 0 Å². The summed E-state index contributed by atoms with van der Waals surface area (Å²) in [5, 5.41) is 4.81. The van der Waals surface area contributed by atoms with Gasteiger partial charge in [0.1, 0.15) is 11.6 Å². The van der Waals surface area contributed by atoms with Crippen LogP contribution in [0.25, 0.3) is 10.9 Å². The third kappa shape index (κ3) is 3.17. The van der Waals surface area contributed by atoms with E-state index in [0.717, 1.165) is 0 Å². The van der Waals surface area contributed by atoms with Crippen molar-refractivity contribution in [3.63, 3.8) is 0 Å². The fourth-order valence-corrected chi connectivity index (χ4v) is 2.32. The van der Waals surface area contributed by atoms with Gasteiger partial charge in [-0.2, -0.15) is 5.10 Å². The number of benzene rings is 2. The Morgan fingerprint density at radius 2 is 1.83 bits per heavy atom. The van der Waals surface area contributed by atoms with Gasteiger partial charge in [0.25, 0.3) is 0 Å². The Bertz CT molecular complexity index is 915. The number of hydrogen-bond acceptors (Lipinski definition) is 3. The molecule has 4 nitrogen and oxygen atoms in total. The van der Waals surface area contributed by atoms with Gasteiger partial charge in [-0.1, -0.05) is 12.1 Å². The zero-order chi connectivity index (χ0) is 17.1. The van der Waals surface area contributed by atoms with Crippen molar-refractivity contribution in [2.75, 3.05) is 6.61 Å². The van der Waals surface area contributed by atoms with E-state index in [0.29, 0.717) is 16.5 Å². The Kier molecular flexibility index (Phi) is 4.37. The van der Waals surface area contributed by atoms with E-state index < -0.39 is 11.8 Å². The highest BCUT2D eigenvalue weighted by molar-refractivity contribution is 5.96. The van der Waals surface area contributed by atoms with E-state index in [1.165, 1.54) is 47.3 Å². The van der Waals surface area contributed by atoms with Crippen molar-refractivity contribution in [1.29, 1.82) is 0 Å². The van der Waals surface area contributed by atoms with Crippen LogP contribution in [0.2, 0.25) is 0 Å². The van der Waals surface area contributed by atoms with Crippen LogP contribution in [-0.2, 0) is 4.74 Å². The van der Waals surface area contributed by atoms with E-state index in [4.69, 9.17) is 4.74 Å². The summed E-state index contributed by atoms with van der Waals surface area (Å²) < 4.78 is 32.8. The van der Waals surface area contributed by atoms with Gasteiger partial charge >= 0.3 is 5.97 Å². The molecule has 0 radical (unpaired) electrons. The number of rotatable bonds is 4. The van der Waals surface area contributed by atoms with E-state index in [2.05, 4.69) is 5.10 Å². The Balaban J connectivity index is 2.08. The summed E-state index contributed by atoms with van der Waals surface area (Å²) in [5.41, 5.74) is 1.42. The lowest BCUT2D eigenvalue weighted by atomic mass is 10.2. The van der Waals surface area contributed by atoms with Crippen molar-refractivity contribution in [2.24, 2.45) is 5.10 Å². The maximum Gasteiger partial charge on any atom is 0.357 e. The molecular formula is C18H14F2N2O2. The van der Waals surface area contributed by atoms with Gasteiger partial charge in [-0.05, 0) is 48.9 Å². The molecule has 0 saturated carbocycles. The summed E-state index contributed by atoms with van der Waals surface area (Å²) in [7, 11) is 0. The van der Waals surface area contributed by atoms with Crippen LogP contribution < -0.4 is 0 Å². The Morgan fingerprint density at radius 3 is 2.54 bits per heavy atom. The summed E-state index contributed by atoms with van der Waals surface area (Å²) >= 11 is 0. The molecule has 122 valence electrons. The molecule has 3 aromatic rings. The van der Waals surface area contributed by atoms with Crippen LogP contribution >= 0.6 is 0 Å². The van der Waals surface area contributed by atoms with E-state index in [-0.39, 0.29) is 18.1 Å². The van der Waals surface area contributed by atoms with Crippen molar-refractivity contribution < 1.29 is 18.3 Å². The second kappa shape index (κ2) is 6.62. The predicted molar refractivity (Wildman–Crippen MR) is 87.2 cm³/mol. The predicted octanol–water partition coefficient (Wildman–Crippen LogP) is 3.98. The zero-order valence-corrected chi connectivity index (χ0v) is 12.9. The van der Waals surface area contributed by atoms with Crippen LogP contribution in [0.15, 0.2) is 53.6 Å². The number of aromatic nitrogens is 1. The van der Waals surface area contributed by atoms with Crippen LogP contribution in [-0.4, -0.2) is 23.5 Å². The summed E-state index contributed by atoms with van der Waals surface area (Å²) in [6.45, 7) is 1.92. The normalized spacial score (nSPS) is 11.3. The number of fused-ring (bicyclic) bond motifs is 1. The minimum Gasteiger partial charge on any atom is -0.461 e. The van der Waals surface area contributed by atoms with Crippen molar-refractivity contribution in [3.05, 3.63) is 71.4 Å². The van der Waals surface area contributed by atoms with E-state index in [1.54, 1.807) is 19.1 Å². The lowest BCUT2D eigenvalue weighted by Crippen LogP contribution is -2.09. The fraction of sp³-hybridized carbons (Fsp3) is 0.111. The second-order valence-corrected chi connectivity index (χ2v) is 5.06. The molecule has 6 heteroatoms. The first-order chi connectivity index (χ1) is 11.6. The molecule has 0 N–H and O–H groups in total. The topological polar surface area (TPSA) is 43.6 Å². The number of halogens is 2. The molecule has 0 bridgehead atoms. The lowest BCUT2D eigenvalue weighted by molar-refractivity contribution is 0.0515. The molecule has 0 unspecified atom stereocenters. The van der Waals surface area contributed by atoms with Crippen LogP contribution in [0.5, 0.6) is 0 Å². The van der Waals surface area contributed by atoms with Gasteiger partial charge in [-0.3, -0.25) is 0 Å². The molecule has 1 aromatic heterocycles. The molecule has 2 aromatic carbocycles. The third-order valence-electron chi connectivity index (χ3n) is 3.42. The van der Waals surface area contributed by atoms with Crippen molar-refractivity contribution in [1.82, 2.24) is 4.68 Å². The molecule has 0 amide bonds. The van der Waals surface area contributed by atoms with Gasteiger partial charge < -0.3 is 4.74 Å². The molecule has 0 aliphatic carbocycles. The SMILES string of the molecule is CCOC(=O)c1cc2cc(F)ccc2n1N=Cc1ccc(F)cc1. The number of ether oxygens (including phenoxy) is 1. The second-order valence-electron chi connectivity index (χ2n) is 5.06. The number of hydrogen-bond donors (Lipinski definition) is 0. The summed E-state index contributed by atoms with van der Waals surface area (Å²) in [4.78, 5) is 12.1. The molecule has 3 rings (SSSR count). The number of carbonyl (C=O) groups is 1. The smallest absolute Gasteiger partial charge is 0.357 e. The summed E-state index contributed by atoms with van der Waals surface area (Å²) in [6, 6.07) is 11.4. The summed E-state index contributed by atoms with van der Waals surface area (Å²) in [5.74, 6) is -1.30. The van der Waals surface area contributed by atoms with Crippen LogP contribution in [0.4, 0.5) is 8.78 Å². The van der Waals surface area contributed by atoms with Crippen LogP contribution in [0.1, 0.15) is 23.0 Å². The maximum absolute atomic E-state index is 13.4. The largest absolute Gasteiger partial charge is 0.461 e. The highest BCUT2D eigenvalue weighted by Crippen LogP contribution is 2.22. The van der Waals surface area contributed by atoms with Gasteiger partial charge in [-0.15, -0.1) is 0 Å². The highest BCUT2D eigenvalue weighted by Gasteiger charge is 2.16. The molecular weight excluding hydrogens is 314 g/mol. The average Bonchev–Trinajstić information content (AvgIpc) is 2.92. The Labute approximate surface area is 137 Å². The van der Waals surface area contributed by atoms with Gasteiger partial charge in [-0.25, -0.2) is 18.3 Å². The van der Waals surface area contributed by atoms with Gasteiger partial charge in [0.2, 0.25) is 0 Å². The lowest BCUT2D eigenvalue weighted by Gasteiger charge is -2.04. The summed E-state index contributed by atoms with van der Waals surface area (Å²) in [6.07, 6.45) is 1.49. The molecule has 0 aliphatic rings. The average molecular weight is 328 g/mol. The molecule has 0 saturated heterocycles. The van der Waals surface area contributed by atoms with E-state index >= 15 is 0 Å². The minimum atomic E-state index is -0.551. The number of carbonyl (C=O) groups excluding carboxylic acids is 1. The van der Waals surface area contributed by atoms with Crippen molar-refractivity contribution in [2.45, 2.75) is 6.92 Å². The molecule has 0 aliphatic heterocycles. The first kappa shape index (κ1) is 15.9. The molecule has 0 spiro atoms. The monoisotopic (exact) mass is 328 g/mol. The first-order valence-electron chi connectivity index (χ1n) is 7.36. The van der Waals surface area contributed by atoms with Gasteiger partial charge in [0.15, 0.2) is 5.69 Å². The van der Waals surface area contributed by atoms with Gasteiger partial charge in [0.05, 0.1) is 18.3 Å².